The Kier molecular flexibility index (Phi) is 13.3. The zero-order chi connectivity index (χ0) is 27.3. The Labute approximate surface area is 213 Å². The number of nitrogens with two attached hydrogens (primary N) is 3. The van der Waals surface area contributed by atoms with E-state index in [-0.39, 0.29) is 24.3 Å². The van der Waals surface area contributed by atoms with Gasteiger partial charge in [-0.05, 0) is 43.5 Å². The molecule has 1 rings (SSSR count). The minimum absolute atomic E-state index is 0.00137. The lowest BCUT2D eigenvalue weighted by molar-refractivity contribution is -0.142. The van der Waals surface area contributed by atoms with Crippen LogP contribution in [0.5, 0.6) is 5.75 Å². The number of aliphatic carboxylic acids is 1. The summed E-state index contributed by atoms with van der Waals surface area (Å²) in [5.74, 6) is -4.54. The number of thiol groups is 1. The third-order valence-corrected chi connectivity index (χ3v) is 5.51. The van der Waals surface area contributed by atoms with Gasteiger partial charge in [-0.15, -0.1) is 0 Å². The largest absolute Gasteiger partial charge is 0.508 e. The maximum Gasteiger partial charge on any atom is 0.326 e. The molecule has 4 atom stereocenters. The number of rotatable bonds is 16. The highest BCUT2D eigenvalue weighted by atomic mass is 32.1. The number of hydrogen-bond acceptors (Lipinski definition) is 9. The molecule has 200 valence electrons. The number of unbranched alkanes of at least 4 members (excludes halogenated alkanes) is 1. The van der Waals surface area contributed by atoms with Crippen molar-refractivity contribution in [3.63, 3.8) is 0 Å². The van der Waals surface area contributed by atoms with Gasteiger partial charge >= 0.3 is 5.97 Å². The summed E-state index contributed by atoms with van der Waals surface area (Å²) in [7, 11) is 0. The number of carbonyl (C=O) groups is 5. The number of carbonyl (C=O) groups excluding carboxylic acids is 4. The van der Waals surface area contributed by atoms with Crippen molar-refractivity contribution in [2.24, 2.45) is 17.2 Å². The van der Waals surface area contributed by atoms with Crippen molar-refractivity contribution in [3.8, 4) is 5.75 Å². The van der Waals surface area contributed by atoms with E-state index in [4.69, 9.17) is 17.2 Å². The molecular formula is C22H34N6O7S. The third kappa shape index (κ3) is 10.9. The van der Waals surface area contributed by atoms with Crippen molar-refractivity contribution >= 4 is 42.2 Å². The SMILES string of the molecule is NCCCCC(NC(=O)C(CS)NC(=O)C(Cc1ccc(O)cc1)NC(=O)C(N)CC(N)=O)C(=O)O. The highest BCUT2D eigenvalue weighted by molar-refractivity contribution is 7.80. The summed E-state index contributed by atoms with van der Waals surface area (Å²) in [6.45, 7) is 0.382. The van der Waals surface area contributed by atoms with Gasteiger partial charge in [-0.3, -0.25) is 19.2 Å². The van der Waals surface area contributed by atoms with Crippen molar-refractivity contribution in [2.75, 3.05) is 12.3 Å². The van der Waals surface area contributed by atoms with Gasteiger partial charge in [0.1, 0.15) is 23.9 Å². The van der Waals surface area contributed by atoms with Crippen LogP contribution < -0.4 is 33.2 Å². The highest BCUT2D eigenvalue weighted by Crippen LogP contribution is 2.12. The molecule has 4 amide bonds. The van der Waals surface area contributed by atoms with Crippen LogP contribution in [0.25, 0.3) is 0 Å². The second-order valence-corrected chi connectivity index (χ2v) is 8.50. The molecule has 36 heavy (non-hydrogen) atoms. The molecule has 1 aromatic carbocycles. The quantitative estimate of drug-likeness (QED) is 0.0832. The molecule has 0 fully saturated rings. The van der Waals surface area contributed by atoms with E-state index < -0.39 is 60.2 Å². The molecule has 11 N–H and O–H groups in total. The molecule has 0 aromatic heterocycles. The minimum atomic E-state index is -1.30. The lowest BCUT2D eigenvalue weighted by Gasteiger charge is -2.24. The van der Waals surface area contributed by atoms with E-state index in [1.54, 1.807) is 0 Å². The zero-order valence-corrected chi connectivity index (χ0v) is 20.6. The van der Waals surface area contributed by atoms with Crippen LogP contribution in [-0.4, -0.2) is 76.3 Å². The Morgan fingerprint density at radius 1 is 0.889 bits per heavy atom. The van der Waals surface area contributed by atoms with Gasteiger partial charge in [-0.25, -0.2) is 4.79 Å². The minimum Gasteiger partial charge on any atom is -0.508 e. The van der Waals surface area contributed by atoms with Gasteiger partial charge in [-0.2, -0.15) is 12.6 Å². The molecule has 0 aliphatic rings. The summed E-state index contributed by atoms with van der Waals surface area (Å²) in [6.07, 6.45) is 0.740. The van der Waals surface area contributed by atoms with E-state index in [1.807, 2.05) is 0 Å². The second-order valence-electron chi connectivity index (χ2n) is 8.14. The number of primary amides is 1. The van der Waals surface area contributed by atoms with Crippen LogP contribution in [0.4, 0.5) is 0 Å². The molecular weight excluding hydrogens is 492 g/mol. The number of benzene rings is 1. The molecule has 1 aromatic rings. The molecule has 0 bridgehead atoms. The molecule has 0 radical (unpaired) electrons. The fraction of sp³-hybridized carbons (Fsp3) is 0.500. The van der Waals surface area contributed by atoms with Gasteiger partial charge in [-0.1, -0.05) is 12.1 Å². The number of aromatic hydroxyl groups is 1. The lowest BCUT2D eigenvalue weighted by atomic mass is 10.0. The van der Waals surface area contributed by atoms with Gasteiger partial charge < -0.3 is 43.4 Å². The number of phenolic OH excluding ortho intramolecular Hbond substituents is 1. The van der Waals surface area contributed by atoms with E-state index in [0.717, 1.165) is 0 Å². The molecule has 0 aliphatic heterocycles. The number of hydrogen-bond donors (Lipinski definition) is 9. The van der Waals surface area contributed by atoms with Gasteiger partial charge in [0.15, 0.2) is 0 Å². The van der Waals surface area contributed by atoms with E-state index in [2.05, 4.69) is 28.6 Å². The van der Waals surface area contributed by atoms with Gasteiger partial charge in [0.2, 0.25) is 23.6 Å². The third-order valence-electron chi connectivity index (χ3n) is 5.14. The molecule has 0 heterocycles. The maximum absolute atomic E-state index is 13.0. The molecule has 0 saturated carbocycles. The predicted octanol–water partition coefficient (Wildman–Crippen LogP) is -2.26. The lowest BCUT2D eigenvalue weighted by Crippen LogP contribution is -2.58. The van der Waals surface area contributed by atoms with Crippen molar-refractivity contribution in [1.82, 2.24) is 16.0 Å². The summed E-state index contributed by atoms with van der Waals surface area (Å²) < 4.78 is 0. The van der Waals surface area contributed by atoms with Crippen molar-refractivity contribution in [3.05, 3.63) is 29.8 Å². The summed E-state index contributed by atoms with van der Waals surface area (Å²) >= 11 is 4.08. The number of carboxylic acids is 1. The van der Waals surface area contributed by atoms with Gasteiger partial charge in [0.05, 0.1) is 12.5 Å². The first-order chi connectivity index (χ1) is 17.0. The number of phenols is 1. The van der Waals surface area contributed by atoms with Gasteiger partial charge in [0.25, 0.3) is 0 Å². The van der Waals surface area contributed by atoms with Crippen LogP contribution in [0, 0.1) is 0 Å². The van der Waals surface area contributed by atoms with Crippen LogP contribution >= 0.6 is 12.6 Å². The Balaban J connectivity index is 2.98. The Morgan fingerprint density at radius 3 is 1.97 bits per heavy atom. The first kappa shape index (κ1) is 30.7. The van der Waals surface area contributed by atoms with Crippen molar-refractivity contribution in [2.45, 2.75) is 56.3 Å². The van der Waals surface area contributed by atoms with Crippen LogP contribution in [-0.2, 0) is 30.4 Å². The Hall–Kier alpha value is -3.36. The molecule has 13 nitrogen and oxygen atoms in total. The average molecular weight is 527 g/mol. The van der Waals surface area contributed by atoms with Crippen LogP contribution in [0.2, 0.25) is 0 Å². The summed E-state index contributed by atoms with van der Waals surface area (Å²) in [4.78, 5) is 60.8. The van der Waals surface area contributed by atoms with E-state index in [1.165, 1.54) is 24.3 Å². The van der Waals surface area contributed by atoms with E-state index in [0.29, 0.717) is 24.9 Å². The molecule has 4 unspecified atom stereocenters. The molecule has 0 aliphatic carbocycles. The molecule has 0 spiro atoms. The van der Waals surface area contributed by atoms with E-state index >= 15 is 0 Å². The van der Waals surface area contributed by atoms with Crippen molar-refractivity contribution < 1.29 is 34.2 Å². The first-order valence-electron chi connectivity index (χ1n) is 11.2. The Morgan fingerprint density at radius 2 is 1.44 bits per heavy atom. The predicted molar refractivity (Wildman–Crippen MR) is 134 cm³/mol. The summed E-state index contributed by atoms with van der Waals surface area (Å²) in [6, 6.07) is 0.942. The van der Waals surface area contributed by atoms with Crippen LogP contribution in [0.15, 0.2) is 24.3 Å². The highest BCUT2D eigenvalue weighted by Gasteiger charge is 2.30. The normalized spacial score (nSPS) is 14.1. The van der Waals surface area contributed by atoms with Gasteiger partial charge in [0, 0.05) is 12.2 Å². The maximum atomic E-state index is 13.0. The summed E-state index contributed by atoms with van der Waals surface area (Å²) in [5, 5.41) is 26.1. The number of amides is 4. The number of nitrogens with one attached hydrogen (secondary N) is 3. The second kappa shape index (κ2) is 15.6. The molecule has 0 saturated heterocycles. The Bertz CT molecular complexity index is 915. The number of carboxylic acid groups (broad SMARTS) is 1. The first-order valence-corrected chi connectivity index (χ1v) is 11.9. The topological polar surface area (TPSA) is 240 Å². The summed E-state index contributed by atoms with van der Waals surface area (Å²) in [5.41, 5.74) is 16.7. The average Bonchev–Trinajstić information content (AvgIpc) is 2.81. The van der Waals surface area contributed by atoms with E-state index in [9.17, 15) is 34.2 Å². The fourth-order valence-electron chi connectivity index (χ4n) is 3.15. The standard InChI is InChI=1S/C22H34N6O7S/c23-8-2-1-3-15(22(34)35)26-21(33)17(11-36)28-20(32)16(9-12-4-6-13(29)7-5-12)27-19(31)14(24)10-18(25)30/h4-7,14-17,29,36H,1-3,8-11,23-24H2,(H2,25,30)(H,26,33)(H,27,31)(H,28,32)(H,34,35). The van der Waals surface area contributed by atoms with Crippen LogP contribution in [0.3, 0.4) is 0 Å². The van der Waals surface area contributed by atoms with Crippen LogP contribution in [0.1, 0.15) is 31.2 Å². The zero-order valence-electron chi connectivity index (χ0n) is 19.7. The fourth-order valence-corrected chi connectivity index (χ4v) is 3.41. The molecule has 14 heteroatoms. The monoisotopic (exact) mass is 526 g/mol. The van der Waals surface area contributed by atoms with Crippen molar-refractivity contribution in [1.29, 1.82) is 0 Å². The smallest absolute Gasteiger partial charge is 0.326 e.